The lowest BCUT2D eigenvalue weighted by Gasteiger charge is -2.43. The van der Waals surface area contributed by atoms with Crippen LogP contribution in [-0.2, 0) is 26.6 Å². The lowest BCUT2D eigenvalue weighted by atomic mass is 10.1. The molecule has 46 heavy (non-hydrogen) atoms. The molecule has 0 heterocycles. The van der Waals surface area contributed by atoms with Crippen LogP contribution in [0, 0.1) is 0 Å². The predicted molar refractivity (Wildman–Crippen MR) is 198 cm³/mol. The Morgan fingerprint density at radius 2 is 0.500 bits per heavy atom. The molecular weight excluding hydrogens is 609 g/mol. The van der Waals surface area contributed by atoms with E-state index in [0.717, 1.165) is 21.5 Å². The molecule has 0 spiro atoms. The van der Waals surface area contributed by atoms with Crippen LogP contribution < -0.4 is 10.4 Å². The van der Waals surface area contributed by atoms with Crippen LogP contribution in [0.25, 0.3) is 12.2 Å². The standard InChI is InChI=1S/C38H64O6Si2/c1-33(2,3)39-45(40-34(4,5)6,41-35(7,8)9)31-25-21-29(22-26-31)19-20-30-23-27-32(28-24-30)46(42-36(10,11)12,43-37(13,14)15)44-38(16,17)18/h19-28H,1-18H3. The van der Waals surface area contributed by atoms with Gasteiger partial charge in [-0.2, -0.15) is 0 Å². The Morgan fingerprint density at radius 1 is 0.326 bits per heavy atom. The molecule has 0 radical (unpaired) electrons. The summed E-state index contributed by atoms with van der Waals surface area (Å²) >= 11 is 0. The quantitative estimate of drug-likeness (QED) is 0.186. The Morgan fingerprint density at radius 3 is 0.652 bits per heavy atom. The van der Waals surface area contributed by atoms with Crippen molar-refractivity contribution in [2.24, 2.45) is 0 Å². The van der Waals surface area contributed by atoms with Crippen molar-refractivity contribution in [3.8, 4) is 0 Å². The number of benzene rings is 2. The highest BCUT2D eigenvalue weighted by Crippen LogP contribution is 2.31. The van der Waals surface area contributed by atoms with Crippen LogP contribution in [-0.4, -0.2) is 51.2 Å². The summed E-state index contributed by atoms with van der Waals surface area (Å²) < 4.78 is 40.3. The van der Waals surface area contributed by atoms with Gasteiger partial charge in [-0.05, 0) is 136 Å². The van der Waals surface area contributed by atoms with Gasteiger partial charge in [0.2, 0.25) is 0 Å². The third-order valence-corrected chi connectivity index (χ3v) is 13.0. The fourth-order valence-electron chi connectivity index (χ4n) is 4.69. The highest BCUT2D eigenvalue weighted by Gasteiger charge is 2.53. The predicted octanol–water partition coefficient (Wildman–Crippen LogP) is 9.04. The monoisotopic (exact) mass is 672 g/mol. The zero-order valence-electron chi connectivity index (χ0n) is 32.2. The van der Waals surface area contributed by atoms with Gasteiger partial charge in [0.15, 0.2) is 0 Å². The molecule has 0 fully saturated rings. The van der Waals surface area contributed by atoms with Crippen molar-refractivity contribution in [3.63, 3.8) is 0 Å². The Bertz CT molecular complexity index is 1090. The maximum Gasteiger partial charge on any atom is 0.538 e. The average molecular weight is 673 g/mol. The summed E-state index contributed by atoms with van der Waals surface area (Å²) in [6.07, 6.45) is 4.21. The topological polar surface area (TPSA) is 55.4 Å². The molecule has 0 aliphatic carbocycles. The molecule has 6 nitrogen and oxygen atoms in total. The molecule has 0 atom stereocenters. The van der Waals surface area contributed by atoms with Crippen molar-refractivity contribution < 1.29 is 26.6 Å². The van der Waals surface area contributed by atoms with Gasteiger partial charge in [0.1, 0.15) is 0 Å². The molecule has 0 saturated heterocycles. The third-order valence-electron chi connectivity index (χ3n) is 5.64. The Kier molecular flexibility index (Phi) is 12.4. The van der Waals surface area contributed by atoms with Crippen LogP contribution in [0.3, 0.4) is 0 Å². The largest absolute Gasteiger partial charge is 0.538 e. The first kappa shape index (κ1) is 40.5. The highest BCUT2D eigenvalue weighted by atomic mass is 28.4. The normalized spacial score (nSPS) is 14.7. The van der Waals surface area contributed by atoms with E-state index in [0.29, 0.717) is 0 Å². The van der Waals surface area contributed by atoms with Crippen LogP contribution in [0.15, 0.2) is 48.5 Å². The molecule has 2 rings (SSSR count). The lowest BCUT2D eigenvalue weighted by Crippen LogP contribution is -2.64. The second kappa shape index (κ2) is 14.1. The molecule has 0 unspecified atom stereocenters. The Labute approximate surface area is 283 Å². The maximum absolute atomic E-state index is 6.71. The van der Waals surface area contributed by atoms with Gasteiger partial charge in [0, 0.05) is 10.4 Å². The number of hydrogen-bond donors (Lipinski definition) is 0. The van der Waals surface area contributed by atoms with Gasteiger partial charge in [0.05, 0.1) is 33.6 Å². The fraction of sp³-hybridized carbons (Fsp3) is 0.632. The van der Waals surface area contributed by atoms with Gasteiger partial charge in [-0.25, -0.2) is 0 Å². The van der Waals surface area contributed by atoms with E-state index >= 15 is 0 Å². The molecule has 0 amide bonds. The molecule has 0 aromatic heterocycles. The average Bonchev–Trinajstić information content (AvgIpc) is 2.76. The van der Waals surface area contributed by atoms with Crippen LogP contribution >= 0.6 is 0 Å². The minimum absolute atomic E-state index is 0.457. The first-order valence-electron chi connectivity index (χ1n) is 16.5. The first-order chi connectivity index (χ1) is 20.4. The molecule has 0 N–H and O–H groups in total. The number of hydrogen-bond acceptors (Lipinski definition) is 6. The van der Waals surface area contributed by atoms with Crippen molar-refractivity contribution in [1.82, 2.24) is 0 Å². The molecule has 0 saturated carbocycles. The van der Waals surface area contributed by atoms with Crippen LogP contribution in [0.1, 0.15) is 136 Å². The van der Waals surface area contributed by atoms with Gasteiger partial charge in [-0.15, -0.1) is 0 Å². The van der Waals surface area contributed by atoms with E-state index in [-0.39, 0.29) is 0 Å². The summed E-state index contributed by atoms with van der Waals surface area (Å²) in [4.78, 5) is 0. The van der Waals surface area contributed by atoms with Gasteiger partial charge >= 0.3 is 17.6 Å². The summed E-state index contributed by atoms with van der Waals surface area (Å²) in [6, 6.07) is 16.7. The maximum atomic E-state index is 6.71. The molecule has 0 aliphatic heterocycles. The molecule has 8 heteroatoms. The summed E-state index contributed by atoms with van der Waals surface area (Å²) in [5.74, 6) is 0. The van der Waals surface area contributed by atoms with E-state index in [1.54, 1.807) is 0 Å². The highest BCUT2D eigenvalue weighted by molar-refractivity contribution is 6.76. The first-order valence-corrected chi connectivity index (χ1v) is 20.0. The van der Waals surface area contributed by atoms with Crippen LogP contribution in [0.2, 0.25) is 0 Å². The Hall–Kier alpha value is -1.63. The fourth-order valence-corrected chi connectivity index (χ4v) is 11.6. The Balaban J connectivity index is 2.48. The minimum atomic E-state index is -3.32. The van der Waals surface area contributed by atoms with Crippen molar-refractivity contribution in [3.05, 3.63) is 59.7 Å². The second-order valence-corrected chi connectivity index (χ2v) is 22.6. The van der Waals surface area contributed by atoms with Crippen LogP contribution in [0.4, 0.5) is 0 Å². The molecular formula is C38H64O6Si2. The van der Waals surface area contributed by atoms with E-state index in [2.05, 4.69) is 60.7 Å². The third kappa shape index (κ3) is 14.2. The van der Waals surface area contributed by atoms with Crippen molar-refractivity contribution in [2.75, 3.05) is 0 Å². The smallest absolute Gasteiger partial charge is 0.365 e. The van der Waals surface area contributed by atoms with Crippen molar-refractivity contribution in [1.29, 1.82) is 0 Å². The lowest BCUT2D eigenvalue weighted by molar-refractivity contribution is -0.0671. The van der Waals surface area contributed by atoms with E-state index in [1.807, 2.05) is 125 Å². The summed E-state index contributed by atoms with van der Waals surface area (Å²) in [5.41, 5.74) is -0.620. The van der Waals surface area contributed by atoms with Crippen molar-refractivity contribution in [2.45, 2.75) is 158 Å². The molecule has 260 valence electrons. The molecule has 0 bridgehead atoms. The minimum Gasteiger partial charge on any atom is -0.365 e. The molecule has 2 aromatic rings. The van der Waals surface area contributed by atoms with E-state index in [9.17, 15) is 0 Å². The summed E-state index contributed by atoms with van der Waals surface area (Å²) in [7, 11) is -6.64. The number of rotatable bonds is 10. The van der Waals surface area contributed by atoms with E-state index in [4.69, 9.17) is 26.6 Å². The summed E-state index contributed by atoms with van der Waals surface area (Å²) in [6.45, 7) is 36.8. The second-order valence-electron chi connectivity index (χ2n) is 18.0. The van der Waals surface area contributed by atoms with Gasteiger partial charge in [-0.3, -0.25) is 0 Å². The summed E-state index contributed by atoms with van der Waals surface area (Å²) in [5, 5.41) is 1.87. The van der Waals surface area contributed by atoms with Gasteiger partial charge in [-0.1, -0.05) is 60.7 Å². The molecule has 2 aromatic carbocycles. The SMILES string of the molecule is CC(C)(C)O[Si](OC(C)(C)C)(OC(C)(C)C)c1ccc(C=Cc2ccc([Si](OC(C)(C)C)(OC(C)(C)C)OC(C)(C)C)cc2)cc1. The van der Waals surface area contributed by atoms with Crippen LogP contribution in [0.5, 0.6) is 0 Å². The van der Waals surface area contributed by atoms with Gasteiger partial charge in [0.25, 0.3) is 0 Å². The van der Waals surface area contributed by atoms with Gasteiger partial charge < -0.3 is 26.6 Å². The van der Waals surface area contributed by atoms with E-state index < -0.39 is 51.2 Å². The molecule has 0 aliphatic rings. The zero-order valence-corrected chi connectivity index (χ0v) is 34.2. The van der Waals surface area contributed by atoms with E-state index in [1.165, 1.54) is 0 Å². The van der Waals surface area contributed by atoms with Crippen molar-refractivity contribution >= 4 is 40.1 Å². The zero-order chi connectivity index (χ0) is 35.6.